The molecule has 172 valence electrons. The average molecular weight is 450 g/mol. The Morgan fingerprint density at radius 1 is 1.03 bits per heavy atom. The van der Waals surface area contributed by atoms with Gasteiger partial charge < -0.3 is 28.8 Å². The standard InChI is InChI=1S/C25H26N2O6/c1-13(2)25(29)27-6-5-14-8-19(30-3)20(31-4)10-16(14)23(27)17-7-15-9-21-22(33-12-32-21)11-18(15)26-24(17)28/h7-11,13,23H,5-6,12H2,1-4H3,(H,26,28)/t23-/m0/s1. The highest BCUT2D eigenvalue weighted by atomic mass is 16.7. The van der Waals surface area contributed by atoms with Gasteiger partial charge in [-0.15, -0.1) is 0 Å². The van der Waals surface area contributed by atoms with Crippen molar-refractivity contribution in [2.75, 3.05) is 27.6 Å². The molecule has 3 heterocycles. The van der Waals surface area contributed by atoms with Crippen LogP contribution in [-0.4, -0.2) is 43.3 Å². The fraction of sp³-hybridized carbons (Fsp3) is 0.360. The van der Waals surface area contributed by atoms with Gasteiger partial charge >= 0.3 is 0 Å². The van der Waals surface area contributed by atoms with Crippen molar-refractivity contribution in [2.45, 2.75) is 26.3 Å². The first-order valence-corrected chi connectivity index (χ1v) is 10.9. The molecular formula is C25H26N2O6. The zero-order valence-electron chi connectivity index (χ0n) is 19.1. The molecule has 8 heteroatoms. The van der Waals surface area contributed by atoms with Crippen molar-refractivity contribution in [1.29, 1.82) is 0 Å². The lowest BCUT2D eigenvalue weighted by Crippen LogP contribution is -2.44. The number of ether oxygens (including phenoxy) is 4. The summed E-state index contributed by atoms with van der Waals surface area (Å²) in [6.07, 6.45) is 0.662. The fourth-order valence-corrected chi connectivity index (χ4v) is 4.67. The smallest absolute Gasteiger partial charge is 0.254 e. The molecule has 0 bridgehead atoms. The summed E-state index contributed by atoms with van der Waals surface area (Å²) in [6, 6.07) is 8.72. The predicted molar refractivity (Wildman–Crippen MR) is 122 cm³/mol. The topological polar surface area (TPSA) is 90.1 Å². The quantitative estimate of drug-likeness (QED) is 0.655. The van der Waals surface area contributed by atoms with E-state index in [1.54, 1.807) is 25.2 Å². The lowest BCUT2D eigenvalue weighted by atomic mass is 9.87. The van der Waals surface area contributed by atoms with Crippen LogP contribution >= 0.6 is 0 Å². The number of carbonyl (C=O) groups excluding carboxylic acids is 1. The maximum atomic E-state index is 13.3. The summed E-state index contributed by atoms with van der Waals surface area (Å²) in [7, 11) is 3.17. The molecule has 1 aromatic heterocycles. The monoisotopic (exact) mass is 450 g/mol. The lowest BCUT2D eigenvalue weighted by molar-refractivity contribution is -0.136. The van der Waals surface area contributed by atoms with E-state index in [9.17, 15) is 9.59 Å². The van der Waals surface area contributed by atoms with E-state index in [-0.39, 0.29) is 24.2 Å². The van der Waals surface area contributed by atoms with Gasteiger partial charge in [-0.3, -0.25) is 9.59 Å². The number of methoxy groups -OCH3 is 2. The van der Waals surface area contributed by atoms with Crippen LogP contribution in [0.15, 0.2) is 35.1 Å². The Morgan fingerprint density at radius 3 is 2.42 bits per heavy atom. The summed E-state index contributed by atoms with van der Waals surface area (Å²) >= 11 is 0. The van der Waals surface area contributed by atoms with Crippen molar-refractivity contribution in [1.82, 2.24) is 9.88 Å². The van der Waals surface area contributed by atoms with Gasteiger partial charge in [0.25, 0.3) is 5.56 Å². The van der Waals surface area contributed by atoms with Crippen LogP contribution in [0.1, 0.15) is 36.6 Å². The molecule has 0 fully saturated rings. The first-order valence-electron chi connectivity index (χ1n) is 10.9. The van der Waals surface area contributed by atoms with Gasteiger partial charge in [-0.1, -0.05) is 13.8 Å². The summed E-state index contributed by atoms with van der Waals surface area (Å²) in [5, 5.41) is 0.804. The van der Waals surface area contributed by atoms with E-state index in [0.717, 1.165) is 16.5 Å². The highest BCUT2D eigenvalue weighted by Crippen LogP contribution is 2.42. The van der Waals surface area contributed by atoms with E-state index in [2.05, 4.69) is 4.98 Å². The molecule has 0 saturated carbocycles. The maximum Gasteiger partial charge on any atom is 0.254 e. The number of benzene rings is 2. The molecule has 2 aliphatic heterocycles. The molecule has 2 aliphatic rings. The molecule has 1 amide bonds. The van der Waals surface area contributed by atoms with Gasteiger partial charge in [0.1, 0.15) is 0 Å². The molecule has 0 spiro atoms. The summed E-state index contributed by atoms with van der Waals surface area (Å²) in [6.45, 7) is 4.39. The third-order valence-corrected chi connectivity index (χ3v) is 6.31. The van der Waals surface area contributed by atoms with Crippen LogP contribution < -0.4 is 24.5 Å². The number of rotatable bonds is 4. The minimum absolute atomic E-state index is 0.00869. The molecule has 0 aliphatic carbocycles. The highest BCUT2D eigenvalue weighted by Gasteiger charge is 2.36. The van der Waals surface area contributed by atoms with Crippen molar-refractivity contribution in [2.24, 2.45) is 5.92 Å². The van der Waals surface area contributed by atoms with Crippen LogP contribution in [0.3, 0.4) is 0 Å². The number of hydrogen-bond donors (Lipinski definition) is 1. The molecule has 33 heavy (non-hydrogen) atoms. The Bertz CT molecular complexity index is 1310. The summed E-state index contributed by atoms with van der Waals surface area (Å²) < 4.78 is 22.0. The molecule has 5 rings (SSSR count). The van der Waals surface area contributed by atoms with Crippen LogP contribution in [0.5, 0.6) is 23.0 Å². The van der Waals surface area contributed by atoms with Crippen LogP contribution in [0.25, 0.3) is 10.9 Å². The van der Waals surface area contributed by atoms with Crippen molar-refractivity contribution in [3.05, 3.63) is 57.4 Å². The van der Waals surface area contributed by atoms with E-state index in [4.69, 9.17) is 18.9 Å². The number of hydrogen-bond acceptors (Lipinski definition) is 6. The third kappa shape index (κ3) is 3.46. The highest BCUT2D eigenvalue weighted by molar-refractivity contribution is 5.84. The number of amides is 1. The van der Waals surface area contributed by atoms with Crippen LogP contribution in [0.2, 0.25) is 0 Å². The van der Waals surface area contributed by atoms with E-state index in [0.29, 0.717) is 47.0 Å². The first kappa shape index (κ1) is 21.2. The Hall–Kier alpha value is -3.68. The SMILES string of the molecule is COc1cc2c(cc1OC)[C@@H](c1cc3cc4c(cc3[nH]c1=O)OCO4)N(C(=O)C(C)C)CC2. The number of fused-ring (bicyclic) bond motifs is 3. The minimum atomic E-state index is -0.554. The predicted octanol–water partition coefficient (Wildman–Crippen LogP) is 3.40. The van der Waals surface area contributed by atoms with Crippen molar-refractivity contribution < 1.29 is 23.7 Å². The van der Waals surface area contributed by atoms with Gasteiger partial charge in [-0.05, 0) is 41.8 Å². The zero-order valence-corrected chi connectivity index (χ0v) is 19.1. The fourth-order valence-electron chi connectivity index (χ4n) is 4.67. The summed E-state index contributed by atoms with van der Waals surface area (Å²) in [5.74, 6) is 2.20. The molecule has 0 saturated heterocycles. The van der Waals surface area contributed by atoms with E-state index < -0.39 is 6.04 Å². The lowest BCUT2D eigenvalue weighted by Gasteiger charge is -2.38. The number of aromatic nitrogens is 1. The number of nitrogens with one attached hydrogen (secondary N) is 1. The largest absolute Gasteiger partial charge is 0.493 e. The molecule has 2 aromatic carbocycles. The maximum absolute atomic E-state index is 13.3. The molecular weight excluding hydrogens is 424 g/mol. The number of nitrogens with zero attached hydrogens (tertiary/aromatic N) is 1. The molecule has 1 atom stereocenters. The Labute approximate surface area is 191 Å². The summed E-state index contributed by atoms with van der Waals surface area (Å²) in [4.78, 5) is 31.3. The molecule has 0 unspecified atom stereocenters. The van der Waals surface area contributed by atoms with Crippen LogP contribution in [-0.2, 0) is 11.2 Å². The second-order valence-electron chi connectivity index (χ2n) is 8.59. The minimum Gasteiger partial charge on any atom is -0.493 e. The zero-order chi connectivity index (χ0) is 23.3. The van der Waals surface area contributed by atoms with Gasteiger partial charge in [0.05, 0.1) is 25.8 Å². The Kier molecular flexibility index (Phi) is 5.15. The third-order valence-electron chi connectivity index (χ3n) is 6.31. The second kappa shape index (κ2) is 8.03. The van der Waals surface area contributed by atoms with E-state index in [1.807, 2.05) is 38.1 Å². The van der Waals surface area contributed by atoms with Crippen LogP contribution in [0.4, 0.5) is 0 Å². The van der Waals surface area contributed by atoms with Gasteiger partial charge in [0.2, 0.25) is 12.7 Å². The van der Waals surface area contributed by atoms with Crippen molar-refractivity contribution >= 4 is 16.8 Å². The molecule has 1 N–H and O–H groups in total. The number of H-pyrrole nitrogens is 1. The van der Waals surface area contributed by atoms with Crippen molar-refractivity contribution in [3.8, 4) is 23.0 Å². The first-order chi connectivity index (χ1) is 15.9. The van der Waals surface area contributed by atoms with Gasteiger partial charge in [-0.25, -0.2) is 0 Å². The van der Waals surface area contributed by atoms with Crippen molar-refractivity contribution in [3.63, 3.8) is 0 Å². The van der Waals surface area contributed by atoms with Gasteiger partial charge in [-0.2, -0.15) is 0 Å². The molecule has 0 radical (unpaired) electrons. The average Bonchev–Trinajstić information content (AvgIpc) is 3.27. The summed E-state index contributed by atoms with van der Waals surface area (Å²) in [5.41, 5.74) is 2.77. The van der Waals surface area contributed by atoms with Crippen LogP contribution in [0, 0.1) is 5.92 Å². The Morgan fingerprint density at radius 2 is 1.73 bits per heavy atom. The Balaban J connectivity index is 1.73. The van der Waals surface area contributed by atoms with Gasteiger partial charge in [0.15, 0.2) is 23.0 Å². The van der Waals surface area contributed by atoms with E-state index in [1.165, 1.54) is 0 Å². The van der Waals surface area contributed by atoms with E-state index >= 15 is 0 Å². The molecule has 8 nitrogen and oxygen atoms in total. The number of pyridine rings is 1. The normalized spacial score (nSPS) is 16.8. The number of carbonyl (C=O) groups is 1. The number of aromatic amines is 1. The molecule has 3 aromatic rings. The van der Waals surface area contributed by atoms with Gasteiger partial charge in [0, 0.05) is 29.5 Å². The second-order valence-corrected chi connectivity index (χ2v) is 8.59.